The topological polar surface area (TPSA) is 113 Å². The number of hydrogen-bond donors (Lipinski definition) is 1. The van der Waals surface area contributed by atoms with Crippen molar-refractivity contribution in [3.8, 4) is 0 Å². The van der Waals surface area contributed by atoms with Gasteiger partial charge in [-0.25, -0.2) is 8.42 Å². The van der Waals surface area contributed by atoms with Crippen LogP contribution in [0, 0.1) is 17.0 Å². The monoisotopic (exact) mass is 486 g/mol. The highest BCUT2D eigenvalue weighted by Gasteiger charge is 2.29. The van der Waals surface area contributed by atoms with Crippen molar-refractivity contribution in [3.05, 3.63) is 62.1 Å². The summed E-state index contributed by atoms with van der Waals surface area (Å²) in [6.07, 6.45) is 0. The van der Waals surface area contributed by atoms with Crippen LogP contribution in [0.1, 0.15) is 5.56 Å². The SMILES string of the molecule is Cc1ccc(NC(=O)CN2CCN(S(=O)(=O)c3ccc(Cl)c(Cl)c3)CC2)cc1[N+](=O)[O-]. The quantitative estimate of drug-likeness (QED) is 0.495. The molecule has 1 heterocycles. The minimum atomic E-state index is -3.72. The van der Waals surface area contributed by atoms with Gasteiger partial charge in [0.05, 0.1) is 26.4 Å². The molecule has 0 saturated carbocycles. The number of carbonyl (C=O) groups excluding carboxylic acids is 1. The summed E-state index contributed by atoms with van der Waals surface area (Å²) in [7, 11) is -3.72. The van der Waals surface area contributed by atoms with Gasteiger partial charge in [0.25, 0.3) is 5.69 Å². The van der Waals surface area contributed by atoms with E-state index in [1.165, 1.54) is 28.6 Å². The van der Waals surface area contributed by atoms with Gasteiger partial charge in [-0.15, -0.1) is 0 Å². The Balaban J connectivity index is 1.57. The third-order valence-electron chi connectivity index (χ3n) is 4.92. The first-order chi connectivity index (χ1) is 14.6. The van der Waals surface area contributed by atoms with E-state index >= 15 is 0 Å². The van der Waals surface area contributed by atoms with Crippen molar-refractivity contribution in [3.63, 3.8) is 0 Å². The Bertz CT molecular complexity index is 1120. The molecule has 1 amide bonds. The van der Waals surface area contributed by atoms with Gasteiger partial charge in [-0.05, 0) is 31.2 Å². The third kappa shape index (κ3) is 5.52. The summed E-state index contributed by atoms with van der Waals surface area (Å²) in [4.78, 5) is 24.8. The minimum absolute atomic E-state index is 0.0440. The van der Waals surface area contributed by atoms with E-state index in [0.29, 0.717) is 24.3 Å². The van der Waals surface area contributed by atoms with E-state index in [2.05, 4.69) is 5.32 Å². The number of nitro groups is 1. The first kappa shape index (κ1) is 23.4. The lowest BCUT2D eigenvalue weighted by molar-refractivity contribution is -0.385. The highest BCUT2D eigenvalue weighted by atomic mass is 35.5. The maximum absolute atomic E-state index is 12.8. The minimum Gasteiger partial charge on any atom is -0.325 e. The first-order valence-corrected chi connectivity index (χ1v) is 11.5. The molecule has 9 nitrogen and oxygen atoms in total. The number of benzene rings is 2. The molecule has 12 heteroatoms. The summed E-state index contributed by atoms with van der Waals surface area (Å²) < 4.78 is 27.0. The van der Waals surface area contributed by atoms with E-state index < -0.39 is 14.9 Å². The average Bonchev–Trinajstić information content (AvgIpc) is 2.71. The normalized spacial score (nSPS) is 15.6. The van der Waals surface area contributed by atoms with Gasteiger partial charge < -0.3 is 5.32 Å². The Kier molecular flexibility index (Phi) is 7.17. The summed E-state index contributed by atoms with van der Waals surface area (Å²) in [5.74, 6) is -0.334. The Morgan fingerprint density at radius 2 is 1.77 bits per heavy atom. The number of hydrogen-bond acceptors (Lipinski definition) is 6. The van der Waals surface area contributed by atoms with E-state index in [1.54, 1.807) is 19.1 Å². The molecular formula is C19H20Cl2N4O5S. The summed E-state index contributed by atoms with van der Waals surface area (Å²) in [6.45, 7) is 2.82. The molecule has 0 aliphatic carbocycles. The summed E-state index contributed by atoms with van der Waals surface area (Å²) in [5, 5.41) is 14.1. The van der Waals surface area contributed by atoms with E-state index in [-0.39, 0.29) is 46.2 Å². The number of sulfonamides is 1. The molecule has 1 aliphatic heterocycles. The van der Waals surface area contributed by atoms with Crippen molar-refractivity contribution in [1.82, 2.24) is 9.21 Å². The lowest BCUT2D eigenvalue weighted by atomic mass is 10.2. The van der Waals surface area contributed by atoms with Gasteiger partial charge in [0, 0.05) is 43.5 Å². The number of rotatable bonds is 6. The van der Waals surface area contributed by atoms with E-state index in [0.717, 1.165) is 0 Å². The van der Waals surface area contributed by atoms with Crippen molar-refractivity contribution in [1.29, 1.82) is 0 Å². The van der Waals surface area contributed by atoms with Crippen molar-refractivity contribution in [2.75, 3.05) is 38.0 Å². The van der Waals surface area contributed by atoms with Crippen molar-refractivity contribution in [2.45, 2.75) is 11.8 Å². The molecule has 0 atom stereocenters. The summed E-state index contributed by atoms with van der Waals surface area (Å²) in [6, 6.07) is 8.65. The van der Waals surface area contributed by atoms with Gasteiger partial charge in [-0.1, -0.05) is 29.3 Å². The fraction of sp³-hybridized carbons (Fsp3) is 0.316. The van der Waals surface area contributed by atoms with Gasteiger partial charge >= 0.3 is 0 Å². The molecular weight excluding hydrogens is 467 g/mol. The number of nitrogens with zero attached hydrogens (tertiary/aromatic N) is 3. The van der Waals surface area contributed by atoms with Crippen LogP contribution in [0.5, 0.6) is 0 Å². The van der Waals surface area contributed by atoms with Crippen LogP contribution in [0.2, 0.25) is 10.0 Å². The first-order valence-electron chi connectivity index (χ1n) is 9.30. The number of amides is 1. The predicted octanol–water partition coefficient (Wildman–Crippen LogP) is 3.16. The molecule has 0 spiro atoms. The number of aryl methyl sites for hydroxylation is 1. The van der Waals surface area contributed by atoms with Gasteiger partial charge in [0.1, 0.15) is 0 Å². The Hall–Kier alpha value is -2.24. The largest absolute Gasteiger partial charge is 0.325 e. The molecule has 31 heavy (non-hydrogen) atoms. The molecule has 1 fully saturated rings. The molecule has 0 radical (unpaired) electrons. The Morgan fingerprint density at radius 3 is 2.39 bits per heavy atom. The second kappa shape index (κ2) is 9.49. The number of carbonyl (C=O) groups is 1. The number of nitro benzene ring substituents is 1. The third-order valence-corrected chi connectivity index (χ3v) is 7.55. The van der Waals surface area contributed by atoms with Crippen molar-refractivity contribution < 1.29 is 18.1 Å². The summed E-state index contributed by atoms with van der Waals surface area (Å²) >= 11 is 11.8. The maximum Gasteiger partial charge on any atom is 0.274 e. The smallest absolute Gasteiger partial charge is 0.274 e. The van der Waals surface area contributed by atoms with Gasteiger partial charge in [-0.3, -0.25) is 19.8 Å². The van der Waals surface area contributed by atoms with Gasteiger partial charge in [0.2, 0.25) is 15.9 Å². The predicted molar refractivity (Wildman–Crippen MR) is 118 cm³/mol. The zero-order valence-electron chi connectivity index (χ0n) is 16.5. The number of nitrogens with one attached hydrogen (secondary N) is 1. The maximum atomic E-state index is 12.8. The van der Waals surface area contributed by atoms with Crippen LogP contribution in [0.15, 0.2) is 41.3 Å². The van der Waals surface area contributed by atoms with Gasteiger partial charge in [0.15, 0.2) is 0 Å². The molecule has 166 valence electrons. The second-order valence-electron chi connectivity index (χ2n) is 7.06. The molecule has 1 aliphatic rings. The zero-order chi connectivity index (χ0) is 22.8. The number of halogens is 2. The second-order valence-corrected chi connectivity index (χ2v) is 9.82. The van der Waals surface area contributed by atoms with Crippen LogP contribution in [-0.4, -0.2) is 61.2 Å². The van der Waals surface area contributed by atoms with Crippen LogP contribution in [0.25, 0.3) is 0 Å². The van der Waals surface area contributed by atoms with Crippen LogP contribution in [-0.2, 0) is 14.8 Å². The molecule has 2 aromatic carbocycles. The molecule has 1 N–H and O–H groups in total. The van der Waals surface area contributed by atoms with Crippen LogP contribution < -0.4 is 5.32 Å². The molecule has 0 bridgehead atoms. The van der Waals surface area contributed by atoms with E-state index in [1.807, 2.05) is 4.90 Å². The fourth-order valence-corrected chi connectivity index (χ4v) is 5.01. The Labute approximate surface area is 189 Å². The standard InChI is InChI=1S/C19H20Cl2N4O5S/c1-13-2-3-14(10-18(13)25(27)28)22-19(26)12-23-6-8-24(9-7-23)31(29,30)15-4-5-16(20)17(21)11-15/h2-5,10-11H,6-9,12H2,1H3,(H,22,26). The number of anilines is 1. The van der Waals surface area contributed by atoms with Crippen LogP contribution in [0.4, 0.5) is 11.4 Å². The van der Waals surface area contributed by atoms with E-state index in [9.17, 15) is 23.3 Å². The van der Waals surface area contributed by atoms with Crippen molar-refractivity contribution in [2.24, 2.45) is 0 Å². The number of piperazine rings is 1. The van der Waals surface area contributed by atoms with Crippen LogP contribution >= 0.6 is 23.2 Å². The summed E-state index contributed by atoms with van der Waals surface area (Å²) in [5.41, 5.74) is 0.768. The highest BCUT2D eigenvalue weighted by Crippen LogP contribution is 2.27. The Morgan fingerprint density at radius 1 is 1.10 bits per heavy atom. The fourth-order valence-electron chi connectivity index (χ4n) is 3.20. The average molecular weight is 487 g/mol. The lowest BCUT2D eigenvalue weighted by Gasteiger charge is -2.33. The molecule has 3 rings (SSSR count). The van der Waals surface area contributed by atoms with Gasteiger partial charge in [-0.2, -0.15) is 4.31 Å². The molecule has 1 saturated heterocycles. The van der Waals surface area contributed by atoms with Crippen molar-refractivity contribution >= 4 is 50.5 Å². The van der Waals surface area contributed by atoms with E-state index in [4.69, 9.17) is 23.2 Å². The van der Waals surface area contributed by atoms with Crippen LogP contribution in [0.3, 0.4) is 0 Å². The molecule has 2 aromatic rings. The lowest BCUT2D eigenvalue weighted by Crippen LogP contribution is -2.50. The highest BCUT2D eigenvalue weighted by molar-refractivity contribution is 7.89. The zero-order valence-corrected chi connectivity index (χ0v) is 18.9. The molecule has 0 aromatic heterocycles. The molecule has 0 unspecified atom stereocenters.